The standard InChI is InChI=1S/C13H10ClN3/c14-10-2-1-3-12-13(10)9(7-17-12)11-5-4-8(15)6-16-11/h1-7,17H,15H2. The van der Waals surface area contributed by atoms with E-state index in [9.17, 15) is 0 Å². The second-order valence-electron chi connectivity index (χ2n) is 3.84. The summed E-state index contributed by atoms with van der Waals surface area (Å²) in [5.41, 5.74) is 9.14. The molecule has 0 aliphatic rings. The van der Waals surface area contributed by atoms with Gasteiger partial charge in [-0.3, -0.25) is 4.98 Å². The van der Waals surface area contributed by atoms with Crippen LogP contribution in [0.3, 0.4) is 0 Å². The van der Waals surface area contributed by atoms with Crippen molar-refractivity contribution in [1.29, 1.82) is 0 Å². The third-order valence-corrected chi connectivity index (χ3v) is 3.03. The molecule has 0 amide bonds. The molecule has 3 nitrogen and oxygen atoms in total. The molecule has 0 radical (unpaired) electrons. The fraction of sp³-hybridized carbons (Fsp3) is 0. The summed E-state index contributed by atoms with van der Waals surface area (Å²) in [4.78, 5) is 7.49. The van der Waals surface area contributed by atoms with Gasteiger partial charge in [0.2, 0.25) is 0 Å². The van der Waals surface area contributed by atoms with Crippen LogP contribution in [0.2, 0.25) is 5.02 Å². The molecule has 3 rings (SSSR count). The number of hydrogen-bond donors (Lipinski definition) is 2. The van der Waals surface area contributed by atoms with Gasteiger partial charge in [-0.25, -0.2) is 0 Å². The van der Waals surface area contributed by atoms with Gasteiger partial charge in [-0.1, -0.05) is 17.7 Å². The summed E-state index contributed by atoms with van der Waals surface area (Å²) in [5, 5.41) is 1.71. The van der Waals surface area contributed by atoms with Crippen LogP contribution in [-0.4, -0.2) is 9.97 Å². The maximum absolute atomic E-state index is 6.21. The monoisotopic (exact) mass is 243 g/mol. The SMILES string of the molecule is Nc1ccc(-c2c[nH]c3cccc(Cl)c23)nc1. The lowest BCUT2D eigenvalue weighted by molar-refractivity contribution is 1.33. The van der Waals surface area contributed by atoms with Gasteiger partial charge in [-0.15, -0.1) is 0 Å². The highest BCUT2D eigenvalue weighted by Crippen LogP contribution is 2.32. The van der Waals surface area contributed by atoms with Gasteiger partial charge in [0.05, 0.1) is 22.6 Å². The Labute approximate surface area is 103 Å². The predicted molar refractivity (Wildman–Crippen MR) is 71.0 cm³/mol. The van der Waals surface area contributed by atoms with Crippen LogP contribution in [0, 0.1) is 0 Å². The largest absolute Gasteiger partial charge is 0.397 e. The van der Waals surface area contributed by atoms with E-state index in [4.69, 9.17) is 17.3 Å². The molecule has 84 valence electrons. The Kier molecular flexibility index (Phi) is 2.27. The zero-order chi connectivity index (χ0) is 11.8. The van der Waals surface area contributed by atoms with E-state index in [2.05, 4.69) is 9.97 Å². The maximum atomic E-state index is 6.21. The molecule has 0 bridgehead atoms. The third kappa shape index (κ3) is 1.65. The number of nitrogens with two attached hydrogens (primary N) is 1. The minimum absolute atomic E-state index is 0.652. The highest BCUT2D eigenvalue weighted by atomic mass is 35.5. The van der Waals surface area contributed by atoms with Gasteiger partial charge in [0.25, 0.3) is 0 Å². The average molecular weight is 244 g/mol. The van der Waals surface area contributed by atoms with Crippen molar-refractivity contribution in [2.75, 3.05) is 5.73 Å². The number of nitrogen functional groups attached to an aromatic ring is 1. The van der Waals surface area contributed by atoms with Crippen LogP contribution in [0.4, 0.5) is 5.69 Å². The fourth-order valence-corrected chi connectivity index (χ4v) is 2.18. The molecule has 4 heteroatoms. The maximum Gasteiger partial charge on any atom is 0.0725 e. The molecule has 0 aliphatic heterocycles. The lowest BCUT2D eigenvalue weighted by Gasteiger charge is -2.00. The predicted octanol–water partition coefficient (Wildman–Crippen LogP) is 3.47. The van der Waals surface area contributed by atoms with E-state index in [1.54, 1.807) is 6.20 Å². The van der Waals surface area contributed by atoms with Crippen molar-refractivity contribution in [3.63, 3.8) is 0 Å². The molecule has 0 atom stereocenters. The normalized spacial score (nSPS) is 10.9. The smallest absolute Gasteiger partial charge is 0.0725 e. The Balaban J connectivity index is 2.27. The van der Waals surface area contributed by atoms with Crippen molar-refractivity contribution in [2.45, 2.75) is 0 Å². The summed E-state index contributed by atoms with van der Waals surface area (Å²) in [6.07, 6.45) is 3.56. The number of hydrogen-bond acceptors (Lipinski definition) is 2. The Morgan fingerprint density at radius 3 is 2.82 bits per heavy atom. The summed E-state index contributed by atoms with van der Waals surface area (Å²) in [5.74, 6) is 0. The fourth-order valence-electron chi connectivity index (χ4n) is 1.91. The van der Waals surface area contributed by atoms with E-state index in [-0.39, 0.29) is 0 Å². The van der Waals surface area contributed by atoms with Crippen molar-refractivity contribution in [2.24, 2.45) is 0 Å². The quantitative estimate of drug-likeness (QED) is 0.688. The Morgan fingerprint density at radius 2 is 2.06 bits per heavy atom. The van der Waals surface area contributed by atoms with Gasteiger partial charge < -0.3 is 10.7 Å². The highest BCUT2D eigenvalue weighted by Gasteiger charge is 2.09. The number of pyridine rings is 1. The van der Waals surface area contributed by atoms with Crippen molar-refractivity contribution in [1.82, 2.24) is 9.97 Å². The molecule has 0 spiro atoms. The Hall–Kier alpha value is -2.00. The van der Waals surface area contributed by atoms with Gasteiger partial charge in [-0.2, -0.15) is 0 Å². The second-order valence-corrected chi connectivity index (χ2v) is 4.25. The molecule has 2 aromatic heterocycles. The summed E-state index contributed by atoms with van der Waals surface area (Å²) in [7, 11) is 0. The molecular formula is C13H10ClN3. The van der Waals surface area contributed by atoms with Gasteiger partial charge in [0, 0.05) is 22.7 Å². The van der Waals surface area contributed by atoms with Crippen molar-refractivity contribution in [3.8, 4) is 11.3 Å². The van der Waals surface area contributed by atoms with Crippen LogP contribution in [0.15, 0.2) is 42.7 Å². The first-order valence-corrected chi connectivity index (χ1v) is 5.61. The van der Waals surface area contributed by atoms with Crippen LogP contribution < -0.4 is 5.73 Å². The lowest BCUT2D eigenvalue weighted by Crippen LogP contribution is -1.87. The van der Waals surface area contributed by atoms with Crippen LogP contribution in [-0.2, 0) is 0 Å². The van der Waals surface area contributed by atoms with E-state index >= 15 is 0 Å². The first-order chi connectivity index (χ1) is 8.25. The molecule has 0 aliphatic carbocycles. The van der Waals surface area contributed by atoms with Crippen LogP contribution in [0.25, 0.3) is 22.2 Å². The zero-order valence-corrected chi connectivity index (χ0v) is 9.70. The average Bonchev–Trinajstić information content (AvgIpc) is 2.75. The number of benzene rings is 1. The number of H-pyrrole nitrogens is 1. The molecule has 17 heavy (non-hydrogen) atoms. The molecule has 0 saturated carbocycles. The molecule has 1 aromatic carbocycles. The van der Waals surface area contributed by atoms with Gasteiger partial charge in [-0.05, 0) is 24.3 Å². The molecular weight excluding hydrogens is 234 g/mol. The van der Waals surface area contributed by atoms with Crippen LogP contribution in [0.5, 0.6) is 0 Å². The zero-order valence-electron chi connectivity index (χ0n) is 8.94. The third-order valence-electron chi connectivity index (χ3n) is 2.72. The Morgan fingerprint density at radius 1 is 1.18 bits per heavy atom. The number of nitrogens with zero attached hydrogens (tertiary/aromatic N) is 1. The van der Waals surface area contributed by atoms with Crippen LogP contribution >= 0.6 is 11.6 Å². The number of halogens is 1. The van der Waals surface area contributed by atoms with E-state index in [0.29, 0.717) is 5.69 Å². The van der Waals surface area contributed by atoms with Crippen molar-refractivity contribution in [3.05, 3.63) is 47.7 Å². The minimum atomic E-state index is 0.652. The summed E-state index contributed by atoms with van der Waals surface area (Å²) in [6.45, 7) is 0. The number of aromatic amines is 1. The first-order valence-electron chi connectivity index (χ1n) is 5.23. The van der Waals surface area contributed by atoms with Gasteiger partial charge >= 0.3 is 0 Å². The number of aromatic nitrogens is 2. The molecule has 0 unspecified atom stereocenters. The lowest BCUT2D eigenvalue weighted by atomic mass is 10.1. The second kappa shape index (κ2) is 3.79. The molecule has 3 N–H and O–H groups in total. The minimum Gasteiger partial charge on any atom is -0.397 e. The Bertz CT molecular complexity index is 671. The van der Waals surface area contributed by atoms with Crippen LogP contribution in [0.1, 0.15) is 0 Å². The number of fused-ring (bicyclic) bond motifs is 1. The molecule has 0 fully saturated rings. The molecule has 3 aromatic rings. The van der Waals surface area contributed by atoms with Crippen molar-refractivity contribution >= 4 is 28.2 Å². The van der Waals surface area contributed by atoms with E-state index in [0.717, 1.165) is 27.2 Å². The van der Waals surface area contributed by atoms with Gasteiger partial charge in [0.15, 0.2) is 0 Å². The molecule has 2 heterocycles. The number of anilines is 1. The summed E-state index contributed by atoms with van der Waals surface area (Å²) < 4.78 is 0. The van der Waals surface area contributed by atoms with E-state index < -0.39 is 0 Å². The van der Waals surface area contributed by atoms with E-state index in [1.165, 1.54) is 0 Å². The van der Waals surface area contributed by atoms with E-state index in [1.807, 2.05) is 36.5 Å². The van der Waals surface area contributed by atoms with Gasteiger partial charge in [0.1, 0.15) is 0 Å². The highest BCUT2D eigenvalue weighted by molar-refractivity contribution is 6.36. The van der Waals surface area contributed by atoms with Crippen molar-refractivity contribution < 1.29 is 0 Å². The summed E-state index contributed by atoms with van der Waals surface area (Å²) >= 11 is 6.21. The topological polar surface area (TPSA) is 54.7 Å². The first kappa shape index (κ1) is 10.2. The number of rotatable bonds is 1. The molecule has 0 saturated heterocycles. The number of nitrogens with one attached hydrogen (secondary N) is 1. The summed E-state index contributed by atoms with van der Waals surface area (Å²) in [6, 6.07) is 9.50.